The summed E-state index contributed by atoms with van der Waals surface area (Å²) >= 11 is 0. The van der Waals surface area contributed by atoms with Crippen molar-refractivity contribution in [1.82, 2.24) is 9.80 Å². The minimum absolute atomic E-state index is 0.326. The van der Waals surface area contributed by atoms with Gasteiger partial charge in [-0.1, -0.05) is 13.3 Å². The molecule has 128 valence electrons. The highest BCUT2D eigenvalue weighted by Gasteiger charge is 2.38. The monoisotopic (exact) mass is 310 g/mol. The minimum atomic E-state index is -0.326. The number of nitrogens with zero attached hydrogens (tertiary/aromatic N) is 2. The summed E-state index contributed by atoms with van der Waals surface area (Å²) in [4.78, 5) is 4.84. The van der Waals surface area contributed by atoms with Crippen LogP contribution in [-0.2, 0) is 4.74 Å². The fraction of sp³-hybridized carbons (Fsp3) is 1.00. The van der Waals surface area contributed by atoms with Gasteiger partial charge in [-0.3, -0.25) is 4.90 Å². The highest BCUT2D eigenvalue weighted by atomic mass is 16.5. The van der Waals surface area contributed by atoms with Gasteiger partial charge in [0.05, 0.1) is 12.7 Å². The Morgan fingerprint density at radius 2 is 1.86 bits per heavy atom. The molecule has 0 aromatic heterocycles. The molecule has 1 heterocycles. The first-order valence-electron chi connectivity index (χ1n) is 9.45. The Morgan fingerprint density at radius 3 is 2.50 bits per heavy atom. The maximum Gasteiger partial charge on any atom is 0.0900 e. The van der Waals surface area contributed by atoms with Crippen LogP contribution in [0.25, 0.3) is 0 Å². The van der Waals surface area contributed by atoms with Crippen molar-refractivity contribution < 1.29 is 9.84 Å². The van der Waals surface area contributed by atoms with Gasteiger partial charge in [0.1, 0.15) is 0 Å². The number of β-amino-alcohol motifs (C(OH)–C–C–N with tert-alkyl or cyclic N) is 1. The molecule has 2 saturated carbocycles. The lowest BCUT2D eigenvalue weighted by Crippen LogP contribution is -2.48. The predicted octanol–water partition coefficient (Wildman–Crippen LogP) is 1.83. The number of ether oxygens (including phenoxy) is 1. The van der Waals surface area contributed by atoms with Crippen molar-refractivity contribution in [3.8, 4) is 0 Å². The Morgan fingerprint density at radius 1 is 1.09 bits per heavy atom. The Balaban J connectivity index is 1.23. The van der Waals surface area contributed by atoms with Crippen molar-refractivity contribution in [2.24, 2.45) is 17.8 Å². The summed E-state index contributed by atoms with van der Waals surface area (Å²) in [6.07, 6.45) is 6.75. The zero-order valence-electron chi connectivity index (χ0n) is 14.3. The summed E-state index contributed by atoms with van der Waals surface area (Å²) < 4.78 is 5.76. The van der Waals surface area contributed by atoms with E-state index < -0.39 is 0 Å². The third-order valence-electron chi connectivity index (χ3n) is 6.21. The van der Waals surface area contributed by atoms with E-state index in [0.717, 1.165) is 63.6 Å². The minimum Gasteiger partial charge on any atom is -0.389 e. The van der Waals surface area contributed by atoms with Gasteiger partial charge in [0.25, 0.3) is 0 Å². The van der Waals surface area contributed by atoms with Crippen molar-refractivity contribution in [3.05, 3.63) is 0 Å². The molecule has 22 heavy (non-hydrogen) atoms. The van der Waals surface area contributed by atoms with Crippen LogP contribution in [0.2, 0.25) is 0 Å². The van der Waals surface area contributed by atoms with Gasteiger partial charge in [0, 0.05) is 39.3 Å². The highest BCUT2D eigenvalue weighted by Crippen LogP contribution is 2.49. The average molecular weight is 310 g/mol. The third kappa shape index (κ3) is 4.44. The van der Waals surface area contributed by atoms with Crippen LogP contribution in [-0.4, -0.2) is 73.5 Å². The van der Waals surface area contributed by atoms with E-state index in [1.807, 2.05) is 0 Å². The summed E-state index contributed by atoms with van der Waals surface area (Å²) in [5.41, 5.74) is 0. The van der Waals surface area contributed by atoms with E-state index in [2.05, 4.69) is 16.7 Å². The van der Waals surface area contributed by atoms with E-state index >= 15 is 0 Å². The molecule has 0 aromatic rings. The van der Waals surface area contributed by atoms with Crippen molar-refractivity contribution in [1.29, 1.82) is 0 Å². The molecule has 2 bridgehead atoms. The molecule has 4 atom stereocenters. The molecule has 0 amide bonds. The van der Waals surface area contributed by atoms with Gasteiger partial charge in [-0.15, -0.1) is 0 Å². The molecule has 4 nitrogen and oxygen atoms in total. The zero-order valence-corrected chi connectivity index (χ0v) is 14.3. The van der Waals surface area contributed by atoms with E-state index in [-0.39, 0.29) is 6.10 Å². The maximum absolute atomic E-state index is 10.1. The molecular formula is C18H34N2O2. The van der Waals surface area contributed by atoms with Crippen LogP contribution in [0, 0.1) is 17.8 Å². The number of aliphatic hydroxyl groups excluding tert-OH is 1. The fourth-order valence-corrected chi connectivity index (χ4v) is 4.82. The smallest absolute Gasteiger partial charge is 0.0900 e. The summed E-state index contributed by atoms with van der Waals surface area (Å²) in [7, 11) is 0. The van der Waals surface area contributed by atoms with Crippen LogP contribution in [0.4, 0.5) is 0 Å². The van der Waals surface area contributed by atoms with Crippen LogP contribution in [0.1, 0.15) is 39.0 Å². The van der Waals surface area contributed by atoms with Gasteiger partial charge >= 0.3 is 0 Å². The van der Waals surface area contributed by atoms with Gasteiger partial charge < -0.3 is 14.7 Å². The number of likely N-dealkylation sites (N-methyl/N-ethyl adjacent to an activating group) is 1. The first-order valence-corrected chi connectivity index (χ1v) is 9.45. The zero-order chi connectivity index (χ0) is 15.4. The topological polar surface area (TPSA) is 35.9 Å². The highest BCUT2D eigenvalue weighted by molar-refractivity contribution is 4.89. The van der Waals surface area contributed by atoms with Gasteiger partial charge in [0.2, 0.25) is 0 Å². The van der Waals surface area contributed by atoms with Crippen LogP contribution in [0.3, 0.4) is 0 Å². The standard InChI is InChI=1S/C18H34N2O2/c1-2-19-6-8-20(9-7-19)13-18(21)14-22-10-5-17-12-15-3-4-16(17)11-15/h15-18,21H,2-14H2,1H3/t15-,16-,17+,18+/m1/s1. The van der Waals surface area contributed by atoms with Gasteiger partial charge in [-0.25, -0.2) is 0 Å². The molecule has 3 rings (SSSR count). The molecule has 1 saturated heterocycles. The van der Waals surface area contributed by atoms with E-state index in [4.69, 9.17) is 4.74 Å². The first-order chi connectivity index (χ1) is 10.7. The second-order valence-corrected chi connectivity index (χ2v) is 7.69. The van der Waals surface area contributed by atoms with E-state index in [0.29, 0.717) is 6.61 Å². The van der Waals surface area contributed by atoms with E-state index in [1.54, 1.807) is 0 Å². The first kappa shape index (κ1) is 16.7. The van der Waals surface area contributed by atoms with Gasteiger partial charge in [-0.2, -0.15) is 0 Å². The molecule has 0 spiro atoms. The maximum atomic E-state index is 10.1. The summed E-state index contributed by atoms with van der Waals surface area (Å²) in [5.74, 6) is 2.94. The molecule has 3 fully saturated rings. The number of aliphatic hydroxyl groups is 1. The Labute approximate surface area is 135 Å². The largest absolute Gasteiger partial charge is 0.389 e. The molecule has 4 heteroatoms. The molecule has 1 N–H and O–H groups in total. The lowest BCUT2D eigenvalue weighted by molar-refractivity contribution is 0.00276. The second-order valence-electron chi connectivity index (χ2n) is 7.69. The number of piperazine rings is 1. The number of hydrogen-bond acceptors (Lipinski definition) is 4. The fourth-order valence-electron chi connectivity index (χ4n) is 4.82. The molecule has 0 unspecified atom stereocenters. The predicted molar refractivity (Wildman–Crippen MR) is 88.9 cm³/mol. The van der Waals surface area contributed by atoms with Crippen LogP contribution >= 0.6 is 0 Å². The van der Waals surface area contributed by atoms with Crippen molar-refractivity contribution in [3.63, 3.8) is 0 Å². The summed E-state index contributed by atoms with van der Waals surface area (Å²) in [6.45, 7) is 9.90. The second kappa shape index (κ2) is 8.09. The number of rotatable bonds is 8. The third-order valence-corrected chi connectivity index (χ3v) is 6.21. The molecule has 0 aromatic carbocycles. The van der Waals surface area contributed by atoms with Crippen LogP contribution in [0.5, 0.6) is 0 Å². The van der Waals surface area contributed by atoms with Crippen molar-refractivity contribution >= 4 is 0 Å². The van der Waals surface area contributed by atoms with Crippen molar-refractivity contribution in [2.75, 3.05) is 52.5 Å². The van der Waals surface area contributed by atoms with Crippen LogP contribution < -0.4 is 0 Å². The average Bonchev–Trinajstić information content (AvgIpc) is 3.15. The number of hydrogen-bond donors (Lipinski definition) is 1. The SMILES string of the molecule is CCN1CCN(C[C@H](O)COCC[C@H]2C[C@@H]3CC[C@@H]2C3)CC1. The van der Waals surface area contributed by atoms with E-state index in [1.165, 1.54) is 32.1 Å². The normalized spacial score (nSPS) is 34.4. The molecule has 1 aliphatic heterocycles. The van der Waals surface area contributed by atoms with Crippen LogP contribution in [0.15, 0.2) is 0 Å². The Hall–Kier alpha value is -0.160. The lowest BCUT2D eigenvalue weighted by Gasteiger charge is -2.34. The number of fused-ring (bicyclic) bond motifs is 2. The summed E-state index contributed by atoms with van der Waals surface area (Å²) in [6, 6.07) is 0. The quantitative estimate of drug-likeness (QED) is 0.694. The van der Waals surface area contributed by atoms with E-state index in [9.17, 15) is 5.11 Å². The molecular weight excluding hydrogens is 276 g/mol. The molecule has 2 aliphatic carbocycles. The van der Waals surface area contributed by atoms with Gasteiger partial charge in [0.15, 0.2) is 0 Å². The van der Waals surface area contributed by atoms with Crippen molar-refractivity contribution in [2.45, 2.75) is 45.1 Å². The van der Waals surface area contributed by atoms with Gasteiger partial charge in [-0.05, 0) is 50.0 Å². The Bertz CT molecular complexity index is 331. The molecule has 3 aliphatic rings. The molecule has 0 radical (unpaired) electrons. The Kier molecular flexibility index (Phi) is 6.14. The lowest BCUT2D eigenvalue weighted by atomic mass is 9.87. The summed E-state index contributed by atoms with van der Waals surface area (Å²) in [5, 5.41) is 10.1.